The summed E-state index contributed by atoms with van der Waals surface area (Å²) in [5.74, 6) is 2.01. The fourth-order valence-electron chi connectivity index (χ4n) is 5.81. The molecule has 0 radical (unpaired) electrons. The Bertz CT molecular complexity index is 1500. The van der Waals surface area contributed by atoms with Crippen LogP contribution in [0.4, 0.5) is 22.9 Å². The number of hydrogen-bond donors (Lipinski definition) is 2. The van der Waals surface area contributed by atoms with Crippen LogP contribution in [0.25, 0.3) is 22.4 Å². The van der Waals surface area contributed by atoms with Crippen molar-refractivity contribution >= 4 is 39.8 Å². The topological polar surface area (TPSA) is 78.3 Å². The number of rotatable bonds is 5. The Kier molecular flexibility index (Phi) is 5.49. The number of amides is 1. The molecule has 3 aliphatic rings. The fourth-order valence-corrected chi connectivity index (χ4v) is 5.81. The highest BCUT2D eigenvalue weighted by Crippen LogP contribution is 2.41. The van der Waals surface area contributed by atoms with E-state index < -0.39 is 0 Å². The molecule has 8 heteroatoms. The Hall–Kier alpha value is -4.07. The molecule has 1 unspecified atom stereocenters. The zero-order valence-electron chi connectivity index (χ0n) is 21.9. The highest BCUT2D eigenvalue weighted by Gasteiger charge is 2.34. The lowest BCUT2D eigenvalue weighted by Crippen LogP contribution is -2.46. The lowest BCUT2D eigenvalue weighted by molar-refractivity contribution is -0.120. The second kappa shape index (κ2) is 9.04. The van der Waals surface area contributed by atoms with Gasteiger partial charge < -0.3 is 25.0 Å². The number of piperazine rings is 1. The van der Waals surface area contributed by atoms with E-state index in [-0.39, 0.29) is 17.9 Å². The molecule has 4 heterocycles. The number of aromatic nitrogens is 3. The summed E-state index contributed by atoms with van der Waals surface area (Å²) in [6, 6.07) is 19.0. The van der Waals surface area contributed by atoms with Crippen LogP contribution in [0.3, 0.4) is 0 Å². The quantitative estimate of drug-likeness (QED) is 0.389. The Balaban J connectivity index is 1.26. The second-order valence-corrected chi connectivity index (χ2v) is 11.0. The molecule has 1 amide bonds. The van der Waals surface area contributed by atoms with Gasteiger partial charge in [0.2, 0.25) is 5.91 Å². The van der Waals surface area contributed by atoms with Gasteiger partial charge in [0.25, 0.3) is 0 Å². The van der Waals surface area contributed by atoms with Gasteiger partial charge in [-0.1, -0.05) is 19.9 Å². The molecule has 2 aromatic carbocycles. The molecule has 8 nitrogen and oxygen atoms in total. The summed E-state index contributed by atoms with van der Waals surface area (Å²) in [6.45, 7) is 7.90. The summed E-state index contributed by atoms with van der Waals surface area (Å²) in [7, 11) is 0. The molecule has 1 saturated carbocycles. The molecule has 1 saturated heterocycles. The van der Waals surface area contributed by atoms with Gasteiger partial charge in [0, 0.05) is 55.4 Å². The van der Waals surface area contributed by atoms with Crippen molar-refractivity contribution in [1.82, 2.24) is 14.5 Å². The van der Waals surface area contributed by atoms with Crippen molar-refractivity contribution in [2.45, 2.75) is 38.8 Å². The van der Waals surface area contributed by atoms with Gasteiger partial charge in [0.15, 0.2) is 0 Å². The second-order valence-electron chi connectivity index (χ2n) is 11.0. The molecule has 0 bridgehead atoms. The number of nitrogens with one attached hydrogen (secondary N) is 2. The minimum Gasteiger partial charge on any atom is -0.382 e. The van der Waals surface area contributed by atoms with Crippen molar-refractivity contribution in [2.75, 3.05) is 46.6 Å². The van der Waals surface area contributed by atoms with E-state index in [0.29, 0.717) is 6.04 Å². The van der Waals surface area contributed by atoms with Gasteiger partial charge in [-0.15, -0.1) is 0 Å². The molecule has 2 N–H and O–H groups in total. The largest absolute Gasteiger partial charge is 0.382 e. The van der Waals surface area contributed by atoms with Gasteiger partial charge in [0.05, 0.1) is 16.7 Å². The molecule has 4 aromatic rings. The first-order valence-corrected chi connectivity index (χ1v) is 13.7. The Morgan fingerprint density at radius 1 is 0.974 bits per heavy atom. The summed E-state index contributed by atoms with van der Waals surface area (Å²) < 4.78 is 2.16. The van der Waals surface area contributed by atoms with Crippen LogP contribution in [0.1, 0.15) is 32.7 Å². The minimum absolute atomic E-state index is 0.0110. The average molecular weight is 508 g/mol. The van der Waals surface area contributed by atoms with E-state index in [1.807, 2.05) is 24.4 Å². The summed E-state index contributed by atoms with van der Waals surface area (Å²) >= 11 is 0. The molecule has 2 aliphatic heterocycles. The zero-order chi connectivity index (χ0) is 25.8. The van der Waals surface area contributed by atoms with Crippen LogP contribution >= 0.6 is 0 Å². The molecule has 0 spiro atoms. The average Bonchev–Trinajstić information content (AvgIpc) is 3.70. The SMILES string of the molecule is CC(C)C1C(=O)Nc2ccc(NC3CC3)cc2-c2nc3cc(N4CCN(c5ccccn5)CC4)ccc3n21. The normalized spacial score (nSPS) is 19.2. The van der Waals surface area contributed by atoms with E-state index in [4.69, 9.17) is 4.98 Å². The summed E-state index contributed by atoms with van der Waals surface area (Å²) in [4.78, 5) is 27.9. The third-order valence-electron chi connectivity index (χ3n) is 7.94. The van der Waals surface area contributed by atoms with E-state index >= 15 is 0 Å². The smallest absolute Gasteiger partial charge is 0.247 e. The molecular formula is C30H33N7O. The minimum atomic E-state index is -0.338. The first kappa shape index (κ1) is 23.1. The third-order valence-corrected chi connectivity index (χ3v) is 7.94. The van der Waals surface area contributed by atoms with Crippen LogP contribution in [0.15, 0.2) is 60.8 Å². The number of anilines is 4. The first-order chi connectivity index (χ1) is 18.5. The number of hydrogen-bond acceptors (Lipinski definition) is 6. The van der Waals surface area contributed by atoms with Crippen molar-refractivity contribution in [1.29, 1.82) is 0 Å². The zero-order valence-corrected chi connectivity index (χ0v) is 21.9. The standard InChI is InChI=1S/C30H33N7O/c1-19(2)28-30(38)34-24-10-8-21(32-20-6-7-20)17-23(24)29-33-25-18-22(9-11-26(25)37(28)29)35-13-15-36(16-14-35)27-5-3-4-12-31-27/h3-5,8-12,17-20,28,32H,6-7,13-16H2,1-2H3,(H,34,38). The van der Waals surface area contributed by atoms with Crippen molar-refractivity contribution in [3.8, 4) is 11.4 Å². The maximum absolute atomic E-state index is 13.5. The van der Waals surface area contributed by atoms with Crippen LogP contribution < -0.4 is 20.4 Å². The molecule has 7 rings (SSSR count). The Morgan fingerprint density at radius 3 is 2.53 bits per heavy atom. The summed E-state index contributed by atoms with van der Waals surface area (Å²) in [5, 5.41) is 6.78. The van der Waals surface area contributed by atoms with Crippen molar-refractivity contribution in [3.63, 3.8) is 0 Å². The third kappa shape index (κ3) is 4.04. The first-order valence-electron chi connectivity index (χ1n) is 13.7. The van der Waals surface area contributed by atoms with Crippen LogP contribution in [0.5, 0.6) is 0 Å². The van der Waals surface area contributed by atoms with Crippen molar-refractivity contribution < 1.29 is 4.79 Å². The van der Waals surface area contributed by atoms with E-state index in [0.717, 1.165) is 65.8 Å². The lowest BCUT2D eigenvalue weighted by atomic mass is 10.0. The molecule has 1 atom stereocenters. The van der Waals surface area contributed by atoms with Crippen LogP contribution in [0, 0.1) is 5.92 Å². The molecule has 2 fully saturated rings. The van der Waals surface area contributed by atoms with Gasteiger partial charge in [-0.3, -0.25) is 4.79 Å². The van der Waals surface area contributed by atoms with Gasteiger partial charge in [-0.25, -0.2) is 9.97 Å². The number of benzene rings is 2. The highest BCUT2D eigenvalue weighted by atomic mass is 16.2. The van der Waals surface area contributed by atoms with Crippen LogP contribution in [0.2, 0.25) is 0 Å². The summed E-state index contributed by atoms with van der Waals surface area (Å²) in [5.41, 5.74) is 5.96. The van der Waals surface area contributed by atoms with Gasteiger partial charge >= 0.3 is 0 Å². The summed E-state index contributed by atoms with van der Waals surface area (Å²) in [6.07, 6.45) is 4.27. The predicted octanol–water partition coefficient (Wildman–Crippen LogP) is 5.15. The van der Waals surface area contributed by atoms with Crippen molar-refractivity contribution in [2.24, 2.45) is 5.92 Å². The number of nitrogens with zero attached hydrogens (tertiary/aromatic N) is 5. The van der Waals surface area contributed by atoms with Gasteiger partial charge in [-0.05, 0) is 67.3 Å². The molecule has 2 aromatic heterocycles. The van der Waals surface area contributed by atoms with E-state index in [1.54, 1.807) is 0 Å². The number of pyridine rings is 1. The van der Waals surface area contributed by atoms with Gasteiger partial charge in [-0.2, -0.15) is 0 Å². The fraction of sp³-hybridized carbons (Fsp3) is 0.367. The predicted molar refractivity (Wildman–Crippen MR) is 153 cm³/mol. The number of carbonyl (C=O) groups is 1. The molecular weight excluding hydrogens is 474 g/mol. The molecule has 38 heavy (non-hydrogen) atoms. The number of carbonyl (C=O) groups excluding carboxylic acids is 1. The highest BCUT2D eigenvalue weighted by molar-refractivity contribution is 6.02. The maximum Gasteiger partial charge on any atom is 0.247 e. The Labute approximate surface area is 222 Å². The van der Waals surface area contributed by atoms with E-state index in [1.165, 1.54) is 18.5 Å². The van der Waals surface area contributed by atoms with Crippen LogP contribution in [-0.2, 0) is 4.79 Å². The molecule has 1 aliphatic carbocycles. The Morgan fingerprint density at radius 2 is 1.79 bits per heavy atom. The maximum atomic E-state index is 13.5. The number of fused-ring (bicyclic) bond motifs is 5. The van der Waals surface area contributed by atoms with E-state index in [9.17, 15) is 4.79 Å². The van der Waals surface area contributed by atoms with Crippen LogP contribution in [-0.4, -0.2) is 52.7 Å². The van der Waals surface area contributed by atoms with E-state index in [2.05, 4.69) is 80.2 Å². The molecule has 194 valence electrons. The van der Waals surface area contributed by atoms with Crippen molar-refractivity contribution in [3.05, 3.63) is 60.8 Å². The number of imidazole rings is 1. The monoisotopic (exact) mass is 507 g/mol. The van der Waals surface area contributed by atoms with Gasteiger partial charge in [0.1, 0.15) is 17.7 Å². The lowest BCUT2D eigenvalue weighted by Gasteiger charge is -2.36.